The number of fused-ring (bicyclic) bond motifs is 2. The summed E-state index contributed by atoms with van der Waals surface area (Å²) in [6, 6.07) is 24.4. The minimum Gasteiger partial charge on any atom is -0.437 e. The summed E-state index contributed by atoms with van der Waals surface area (Å²) in [6.07, 6.45) is 1.73. The lowest BCUT2D eigenvalue weighted by molar-refractivity contribution is 0.442. The Morgan fingerprint density at radius 2 is 1.61 bits per heavy atom. The molecule has 5 rings (SSSR count). The molecule has 5 heteroatoms. The fourth-order valence-electron chi connectivity index (χ4n) is 3.73. The van der Waals surface area contributed by atoms with Gasteiger partial charge in [-0.05, 0) is 46.5 Å². The number of anilines is 2. The Hall–Kier alpha value is -3.86. The molecule has 0 aliphatic heterocycles. The van der Waals surface area contributed by atoms with Crippen LogP contribution in [0.4, 0.5) is 11.6 Å². The average Bonchev–Trinajstić information content (AvgIpc) is 3.14. The monoisotopic (exact) mass is 408 g/mol. The van der Waals surface area contributed by atoms with Crippen molar-refractivity contribution in [2.45, 2.75) is 26.2 Å². The van der Waals surface area contributed by atoms with Gasteiger partial charge in [0, 0.05) is 11.8 Å². The lowest BCUT2D eigenvalue weighted by atomic mass is 9.86. The number of aromatic nitrogens is 3. The fourth-order valence-corrected chi connectivity index (χ4v) is 3.73. The van der Waals surface area contributed by atoms with E-state index < -0.39 is 0 Å². The van der Waals surface area contributed by atoms with Gasteiger partial charge in [0.05, 0.1) is 11.0 Å². The molecule has 0 amide bonds. The maximum absolute atomic E-state index is 6.26. The van der Waals surface area contributed by atoms with Crippen LogP contribution in [0.2, 0.25) is 0 Å². The largest absolute Gasteiger partial charge is 0.437 e. The minimum absolute atomic E-state index is 0.0420. The van der Waals surface area contributed by atoms with Gasteiger partial charge >= 0.3 is 0 Å². The predicted octanol–water partition coefficient (Wildman–Crippen LogP) is 6.94. The van der Waals surface area contributed by atoms with E-state index in [0.717, 1.165) is 33.4 Å². The van der Waals surface area contributed by atoms with E-state index in [2.05, 4.69) is 66.4 Å². The maximum atomic E-state index is 6.26. The second kappa shape index (κ2) is 7.43. The lowest BCUT2D eigenvalue weighted by Crippen LogP contribution is -2.12. The molecule has 3 aromatic carbocycles. The molecule has 0 unspecified atom stereocenters. The van der Waals surface area contributed by atoms with Crippen LogP contribution in [0, 0.1) is 0 Å². The second-order valence-electron chi connectivity index (χ2n) is 8.63. The van der Waals surface area contributed by atoms with E-state index >= 15 is 0 Å². The molecule has 0 fully saturated rings. The molecule has 5 nitrogen and oxygen atoms in total. The first-order chi connectivity index (χ1) is 15.0. The standard InChI is InChI=1S/C26H24N4O/c1-26(2,3)19-11-6-7-13-23(19)31-24-20(12-8-14-27-24)28-25-29-21-15-17-9-4-5-10-18(17)16-22(21)30-25/h4-16H,1-3H3,(H2,28,29,30). The smallest absolute Gasteiger partial charge is 0.243 e. The van der Waals surface area contributed by atoms with Gasteiger partial charge < -0.3 is 15.0 Å². The first-order valence-electron chi connectivity index (χ1n) is 10.4. The average molecular weight is 409 g/mol. The third kappa shape index (κ3) is 3.82. The number of para-hydroxylation sites is 1. The van der Waals surface area contributed by atoms with E-state index in [1.54, 1.807) is 6.20 Å². The number of nitrogens with zero attached hydrogens (tertiary/aromatic N) is 2. The maximum Gasteiger partial charge on any atom is 0.243 e. The Kier molecular flexibility index (Phi) is 4.59. The predicted molar refractivity (Wildman–Crippen MR) is 126 cm³/mol. The Balaban J connectivity index is 1.48. The molecule has 154 valence electrons. The van der Waals surface area contributed by atoms with Crippen LogP contribution in [0.25, 0.3) is 21.8 Å². The van der Waals surface area contributed by atoms with Crippen molar-refractivity contribution >= 4 is 33.4 Å². The third-order valence-corrected chi connectivity index (χ3v) is 5.28. The van der Waals surface area contributed by atoms with E-state index in [-0.39, 0.29) is 5.41 Å². The first kappa shape index (κ1) is 19.1. The van der Waals surface area contributed by atoms with Crippen molar-refractivity contribution in [3.63, 3.8) is 0 Å². The van der Waals surface area contributed by atoms with E-state index in [1.807, 2.05) is 42.5 Å². The zero-order valence-corrected chi connectivity index (χ0v) is 17.8. The highest BCUT2D eigenvalue weighted by Gasteiger charge is 2.20. The zero-order valence-electron chi connectivity index (χ0n) is 17.8. The number of nitrogens with one attached hydrogen (secondary N) is 2. The highest BCUT2D eigenvalue weighted by Crippen LogP contribution is 2.36. The zero-order chi connectivity index (χ0) is 21.4. The molecule has 0 bridgehead atoms. The molecule has 0 aliphatic rings. The van der Waals surface area contributed by atoms with Crippen molar-refractivity contribution in [3.05, 3.63) is 84.6 Å². The molecule has 2 N–H and O–H groups in total. The molecule has 2 aromatic heterocycles. The van der Waals surface area contributed by atoms with Gasteiger partial charge in [0.25, 0.3) is 0 Å². The number of benzene rings is 3. The van der Waals surface area contributed by atoms with Gasteiger partial charge in [0.15, 0.2) is 0 Å². The van der Waals surface area contributed by atoms with Gasteiger partial charge in [-0.25, -0.2) is 9.97 Å². The van der Waals surface area contributed by atoms with Crippen LogP contribution in [0.15, 0.2) is 79.0 Å². The Bertz CT molecular complexity index is 1330. The van der Waals surface area contributed by atoms with Gasteiger partial charge in [0.2, 0.25) is 11.8 Å². The molecule has 0 atom stereocenters. The summed E-state index contributed by atoms with van der Waals surface area (Å²) >= 11 is 0. The molecule has 31 heavy (non-hydrogen) atoms. The van der Waals surface area contributed by atoms with Gasteiger partial charge in [-0.2, -0.15) is 0 Å². The normalized spacial score (nSPS) is 11.7. The second-order valence-corrected chi connectivity index (χ2v) is 8.63. The Morgan fingerprint density at radius 1 is 0.871 bits per heavy atom. The first-order valence-corrected chi connectivity index (χ1v) is 10.4. The molecule has 0 saturated carbocycles. The quantitative estimate of drug-likeness (QED) is 0.338. The van der Waals surface area contributed by atoms with Crippen molar-refractivity contribution in [3.8, 4) is 11.6 Å². The molecule has 0 aliphatic carbocycles. The van der Waals surface area contributed by atoms with E-state index in [0.29, 0.717) is 11.8 Å². The SMILES string of the molecule is CC(C)(C)c1ccccc1Oc1ncccc1Nc1nc2cc3ccccc3cc2[nH]1. The molecule has 2 heterocycles. The molecular weight excluding hydrogens is 384 g/mol. The number of imidazole rings is 1. The third-order valence-electron chi connectivity index (χ3n) is 5.28. The summed E-state index contributed by atoms with van der Waals surface area (Å²) in [6.45, 7) is 6.52. The Morgan fingerprint density at radius 3 is 2.42 bits per heavy atom. The van der Waals surface area contributed by atoms with E-state index in [4.69, 9.17) is 9.72 Å². The number of aromatic amines is 1. The van der Waals surface area contributed by atoms with E-state index in [1.165, 1.54) is 5.39 Å². The van der Waals surface area contributed by atoms with Crippen LogP contribution < -0.4 is 10.1 Å². The molecular formula is C26H24N4O. The number of rotatable bonds is 4. The molecule has 0 spiro atoms. The summed E-state index contributed by atoms with van der Waals surface area (Å²) in [7, 11) is 0. The van der Waals surface area contributed by atoms with Gasteiger partial charge in [-0.1, -0.05) is 63.2 Å². The molecule has 0 radical (unpaired) electrons. The number of hydrogen-bond donors (Lipinski definition) is 2. The Labute approximate surface area is 181 Å². The molecule has 0 saturated heterocycles. The van der Waals surface area contributed by atoms with Crippen LogP contribution in [0.3, 0.4) is 0 Å². The van der Waals surface area contributed by atoms with Crippen LogP contribution in [0.5, 0.6) is 11.6 Å². The van der Waals surface area contributed by atoms with E-state index in [9.17, 15) is 0 Å². The topological polar surface area (TPSA) is 62.8 Å². The van der Waals surface area contributed by atoms with Gasteiger partial charge in [-0.15, -0.1) is 0 Å². The summed E-state index contributed by atoms with van der Waals surface area (Å²) in [5.41, 5.74) is 3.72. The minimum atomic E-state index is -0.0420. The van der Waals surface area contributed by atoms with Crippen molar-refractivity contribution in [2.75, 3.05) is 5.32 Å². The molecule has 5 aromatic rings. The van der Waals surface area contributed by atoms with Crippen LogP contribution >= 0.6 is 0 Å². The highest BCUT2D eigenvalue weighted by molar-refractivity contribution is 5.96. The van der Waals surface area contributed by atoms with Crippen LogP contribution in [-0.4, -0.2) is 15.0 Å². The summed E-state index contributed by atoms with van der Waals surface area (Å²) in [4.78, 5) is 12.5. The van der Waals surface area contributed by atoms with Gasteiger partial charge in [0.1, 0.15) is 11.4 Å². The fraction of sp³-hybridized carbons (Fsp3) is 0.154. The van der Waals surface area contributed by atoms with Crippen molar-refractivity contribution in [1.29, 1.82) is 0 Å². The number of H-pyrrole nitrogens is 1. The van der Waals surface area contributed by atoms with Crippen LogP contribution in [0.1, 0.15) is 26.3 Å². The van der Waals surface area contributed by atoms with Gasteiger partial charge in [-0.3, -0.25) is 0 Å². The number of ether oxygens (including phenoxy) is 1. The number of pyridine rings is 1. The summed E-state index contributed by atoms with van der Waals surface area (Å²) in [5, 5.41) is 5.68. The van der Waals surface area contributed by atoms with Crippen molar-refractivity contribution in [2.24, 2.45) is 0 Å². The van der Waals surface area contributed by atoms with Crippen molar-refractivity contribution < 1.29 is 4.74 Å². The van der Waals surface area contributed by atoms with Crippen LogP contribution in [-0.2, 0) is 5.41 Å². The summed E-state index contributed by atoms with van der Waals surface area (Å²) < 4.78 is 6.26. The lowest BCUT2D eigenvalue weighted by Gasteiger charge is -2.22. The summed E-state index contributed by atoms with van der Waals surface area (Å²) in [5.74, 6) is 1.95. The number of hydrogen-bond acceptors (Lipinski definition) is 4. The van der Waals surface area contributed by atoms with Crippen molar-refractivity contribution in [1.82, 2.24) is 15.0 Å². The highest BCUT2D eigenvalue weighted by atomic mass is 16.5.